The van der Waals surface area contributed by atoms with Gasteiger partial charge in [0.15, 0.2) is 5.13 Å². The number of anilines is 1. The Balaban J connectivity index is 1.44. The summed E-state index contributed by atoms with van der Waals surface area (Å²) in [6, 6.07) is 17.9. The topological polar surface area (TPSA) is 83.5 Å². The third-order valence-electron chi connectivity index (χ3n) is 6.92. The summed E-state index contributed by atoms with van der Waals surface area (Å²) < 4.78 is 29.0. The molecule has 1 fully saturated rings. The molecular formula is C28H30N4O3S2. The highest BCUT2D eigenvalue weighted by Crippen LogP contribution is 2.32. The summed E-state index contributed by atoms with van der Waals surface area (Å²) >= 11 is 1.45. The maximum atomic E-state index is 13.7. The molecule has 1 saturated carbocycles. The first-order valence-electron chi connectivity index (χ1n) is 12.5. The second kappa shape index (κ2) is 10.7. The lowest BCUT2D eigenvalue weighted by Gasteiger charge is -2.30. The molecule has 1 aliphatic rings. The van der Waals surface area contributed by atoms with Gasteiger partial charge < -0.3 is 0 Å². The van der Waals surface area contributed by atoms with Gasteiger partial charge in [-0.3, -0.25) is 14.7 Å². The van der Waals surface area contributed by atoms with Crippen LogP contribution in [0.1, 0.15) is 53.7 Å². The zero-order chi connectivity index (χ0) is 26.0. The van der Waals surface area contributed by atoms with Gasteiger partial charge in [-0.25, -0.2) is 13.4 Å². The van der Waals surface area contributed by atoms with Crippen molar-refractivity contribution in [3.63, 3.8) is 0 Å². The molecule has 0 unspecified atom stereocenters. The summed E-state index contributed by atoms with van der Waals surface area (Å²) in [7, 11) is -1.97. The number of benzene rings is 2. The summed E-state index contributed by atoms with van der Waals surface area (Å²) in [4.78, 5) is 24.7. The van der Waals surface area contributed by atoms with Crippen molar-refractivity contribution in [1.29, 1.82) is 0 Å². The third-order valence-corrected chi connectivity index (χ3v) is 9.89. The minimum absolute atomic E-state index is 0.0246. The highest BCUT2D eigenvalue weighted by Gasteiger charge is 2.29. The molecular weight excluding hydrogens is 504 g/mol. The highest BCUT2D eigenvalue weighted by atomic mass is 32.2. The molecule has 2 heterocycles. The van der Waals surface area contributed by atoms with Gasteiger partial charge in [-0.05, 0) is 73.9 Å². The Hall–Kier alpha value is -3.14. The quantitative estimate of drug-likeness (QED) is 0.299. The van der Waals surface area contributed by atoms with Crippen LogP contribution in [-0.4, -0.2) is 41.7 Å². The van der Waals surface area contributed by atoms with Gasteiger partial charge in [0.05, 0.1) is 27.4 Å². The first-order valence-corrected chi connectivity index (χ1v) is 14.8. The van der Waals surface area contributed by atoms with Crippen LogP contribution in [0.2, 0.25) is 0 Å². The average molecular weight is 535 g/mol. The number of aryl methyl sites for hydroxylation is 1. The van der Waals surface area contributed by atoms with Crippen LogP contribution in [0, 0.1) is 6.92 Å². The highest BCUT2D eigenvalue weighted by molar-refractivity contribution is 7.89. The summed E-state index contributed by atoms with van der Waals surface area (Å²) in [5, 5.41) is 0.574. The van der Waals surface area contributed by atoms with E-state index in [9.17, 15) is 13.2 Å². The molecule has 2 aromatic carbocycles. The summed E-state index contributed by atoms with van der Waals surface area (Å²) in [5.41, 5.74) is 3.09. The molecule has 9 heteroatoms. The van der Waals surface area contributed by atoms with Gasteiger partial charge in [-0.1, -0.05) is 42.7 Å². The van der Waals surface area contributed by atoms with Crippen molar-refractivity contribution in [2.75, 3.05) is 11.9 Å². The van der Waals surface area contributed by atoms with Crippen molar-refractivity contribution in [1.82, 2.24) is 14.3 Å². The number of pyridine rings is 1. The van der Waals surface area contributed by atoms with Gasteiger partial charge >= 0.3 is 0 Å². The van der Waals surface area contributed by atoms with E-state index in [1.807, 2.05) is 37.3 Å². The molecule has 37 heavy (non-hydrogen) atoms. The lowest BCUT2D eigenvalue weighted by atomic mass is 9.96. The number of fused-ring (bicyclic) bond motifs is 1. The Bertz CT molecular complexity index is 1500. The number of carbonyl (C=O) groups excluding carboxylic acids is 1. The molecule has 0 bridgehead atoms. The largest absolute Gasteiger partial charge is 0.278 e. The molecule has 0 spiro atoms. The maximum Gasteiger partial charge on any atom is 0.260 e. The van der Waals surface area contributed by atoms with E-state index in [-0.39, 0.29) is 23.4 Å². The van der Waals surface area contributed by atoms with Crippen LogP contribution in [0.3, 0.4) is 0 Å². The lowest BCUT2D eigenvalue weighted by Crippen LogP contribution is -2.38. The number of thiazole rings is 1. The van der Waals surface area contributed by atoms with Crippen molar-refractivity contribution in [2.45, 2.75) is 56.5 Å². The zero-order valence-electron chi connectivity index (χ0n) is 21.0. The Kier molecular flexibility index (Phi) is 7.37. The number of hydrogen-bond donors (Lipinski definition) is 0. The second-order valence-corrected chi connectivity index (χ2v) is 12.5. The van der Waals surface area contributed by atoms with Crippen LogP contribution >= 0.6 is 11.3 Å². The average Bonchev–Trinajstić information content (AvgIpc) is 3.35. The van der Waals surface area contributed by atoms with Crippen LogP contribution in [0.25, 0.3) is 10.2 Å². The van der Waals surface area contributed by atoms with E-state index in [2.05, 4.69) is 11.1 Å². The Labute approximate surface area is 221 Å². The normalized spacial score (nSPS) is 14.8. The fourth-order valence-corrected chi connectivity index (χ4v) is 7.22. The summed E-state index contributed by atoms with van der Waals surface area (Å²) in [6.45, 7) is 2.28. The van der Waals surface area contributed by atoms with Crippen molar-refractivity contribution in [3.05, 3.63) is 83.7 Å². The minimum atomic E-state index is -3.64. The van der Waals surface area contributed by atoms with Gasteiger partial charge in [0.25, 0.3) is 5.91 Å². The first-order chi connectivity index (χ1) is 17.8. The Morgan fingerprint density at radius 2 is 1.78 bits per heavy atom. The van der Waals surface area contributed by atoms with Crippen molar-refractivity contribution >= 4 is 42.6 Å². The van der Waals surface area contributed by atoms with Crippen LogP contribution in [0.5, 0.6) is 0 Å². The molecule has 192 valence electrons. The zero-order valence-corrected chi connectivity index (χ0v) is 22.6. The standard InChI is InChI=1S/C28H30N4O3S2/c1-20-11-16-25-26(18-20)36-28(30-25)32(19-22-8-6-7-17-29-22)27(33)21-12-14-24(15-13-21)37(34,35)31(2)23-9-4-3-5-10-23/h6-8,11-18,23H,3-5,9-10,19H2,1-2H3. The Morgan fingerprint density at radius 3 is 2.49 bits per heavy atom. The molecule has 1 aliphatic carbocycles. The van der Waals surface area contributed by atoms with Gasteiger partial charge in [0.1, 0.15) is 0 Å². The van der Waals surface area contributed by atoms with Crippen LogP contribution in [0.15, 0.2) is 71.8 Å². The summed E-state index contributed by atoms with van der Waals surface area (Å²) in [5.74, 6) is -0.258. The number of rotatable bonds is 7. The number of sulfonamides is 1. The van der Waals surface area contributed by atoms with Crippen LogP contribution in [0.4, 0.5) is 5.13 Å². The molecule has 0 aliphatic heterocycles. The molecule has 0 radical (unpaired) electrons. The molecule has 2 aromatic heterocycles. The molecule has 5 rings (SSSR count). The van der Waals surface area contributed by atoms with Crippen molar-refractivity contribution in [2.24, 2.45) is 0 Å². The molecule has 7 nitrogen and oxygen atoms in total. The van der Waals surface area contributed by atoms with Gasteiger partial charge in [0, 0.05) is 24.8 Å². The van der Waals surface area contributed by atoms with E-state index in [1.54, 1.807) is 30.3 Å². The minimum Gasteiger partial charge on any atom is -0.278 e. The third kappa shape index (κ3) is 5.44. The predicted molar refractivity (Wildman–Crippen MR) is 147 cm³/mol. The fourth-order valence-electron chi connectivity index (χ4n) is 4.75. The maximum absolute atomic E-state index is 13.7. The van der Waals surface area contributed by atoms with Crippen molar-refractivity contribution in [3.8, 4) is 0 Å². The molecule has 0 N–H and O–H groups in total. The molecule has 0 atom stereocenters. The number of nitrogens with zero attached hydrogens (tertiary/aromatic N) is 4. The van der Waals surface area contributed by atoms with Gasteiger partial charge in [0.2, 0.25) is 10.0 Å². The Morgan fingerprint density at radius 1 is 1.03 bits per heavy atom. The molecule has 1 amide bonds. The number of carbonyl (C=O) groups is 1. The van der Waals surface area contributed by atoms with Crippen molar-refractivity contribution < 1.29 is 13.2 Å². The summed E-state index contributed by atoms with van der Waals surface area (Å²) in [6.07, 6.45) is 6.73. The monoisotopic (exact) mass is 534 g/mol. The molecule has 4 aromatic rings. The SMILES string of the molecule is Cc1ccc2nc(N(Cc3ccccn3)C(=O)c3ccc(S(=O)(=O)N(C)C4CCCCC4)cc3)sc2c1. The fraction of sp³-hybridized carbons (Fsp3) is 0.321. The number of hydrogen-bond acceptors (Lipinski definition) is 6. The van der Waals surface area contributed by atoms with Crippen LogP contribution < -0.4 is 4.90 Å². The lowest BCUT2D eigenvalue weighted by molar-refractivity contribution is 0.0984. The number of amides is 1. The van der Waals surface area contributed by atoms with E-state index in [0.717, 1.165) is 53.6 Å². The predicted octanol–water partition coefficient (Wildman–Crippen LogP) is 5.80. The van der Waals surface area contributed by atoms with E-state index >= 15 is 0 Å². The first kappa shape index (κ1) is 25.5. The molecule has 0 saturated heterocycles. The van der Waals surface area contributed by atoms with E-state index < -0.39 is 10.0 Å². The van der Waals surface area contributed by atoms with E-state index in [1.165, 1.54) is 27.8 Å². The number of aromatic nitrogens is 2. The van der Waals surface area contributed by atoms with Gasteiger partial charge in [-0.2, -0.15) is 4.31 Å². The van der Waals surface area contributed by atoms with E-state index in [4.69, 9.17) is 4.98 Å². The van der Waals surface area contributed by atoms with Crippen LogP contribution in [-0.2, 0) is 16.6 Å². The second-order valence-electron chi connectivity index (χ2n) is 9.52. The smallest absolute Gasteiger partial charge is 0.260 e. The van der Waals surface area contributed by atoms with E-state index in [0.29, 0.717) is 10.7 Å². The van der Waals surface area contributed by atoms with Gasteiger partial charge in [-0.15, -0.1) is 0 Å².